The van der Waals surface area contributed by atoms with Crippen LogP contribution in [0.5, 0.6) is 0 Å². The third-order valence-corrected chi connectivity index (χ3v) is 8.70. The molecule has 0 bridgehead atoms. The Bertz CT molecular complexity index is 641. The molecule has 1 N–H and O–H groups in total. The second-order valence-electron chi connectivity index (χ2n) is 9.48. The number of carboxylic acid groups (broad SMARTS) is 1. The number of fused-ring (bicyclic) bond motifs is 5. The van der Waals surface area contributed by atoms with Gasteiger partial charge in [-0.25, -0.2) is 4.79 Å². The van der Waals surface area contributed by atoms with Crippen LogP contribution in [0.15, 0.2) is 11.6 Å². The molecule has 138 valence electrons. The third kappa shape index (κ3) is 2.32. The van der Waals surface area contributed by atoms with Gasteiger partial charge in [0.25, 0.3) is 0 Å². The number of carbonyl (C=O) groups excluding carboxylic acids is 1. The Morgan fingerprint density at radius 3 is 2.60 bits per heavy atom. The molecule has 4 nitrogen and oxygen atoms in total. The zero-order chi connectivity index (χ0) is 18.0. The molecule has 1 saturated heterocycles. The Morgan fingerprint density at radius 2 is 1.88 bits per heavy atom. The van der Waals surface area contributed by atoms with Crippen molar-refractivity contribution in [3.05, 3.63) is 11.6 Å². The van der Waals surface area contributed by atoms with Crippen LogP contribution in [0.25, 0.3) is 0 Å². The minimum atomic E-state index is -0.790. The van der Waals surface area contributed by atoms with Gasteiger partial charge in [0.15, 0.2) is 0 Å². The number of carboxylic acids is 1. The molecule has 0 radical (unpaired) electrons. The van der Waals surface area contributed by atoms with Gasteiger partial charge < -0.3 is 10.0 Å². The molecular formula is C21H31NO3. The lowest BCUT2D eigenvalue weighted by atomic mass is 9.47. The molecule has 0 aromatic rings. The molecule has 4 heteroatoms. The number of rotatable bonds is 1. The fourth-order valence-electron chi connectivity index (χ4n) is 7.38. The fraction of sp³-hybridized carbons (Fsp3) is 0.810. The number of piperidine rings is 1. The van der Waals surface area contributed by atoms with E-state index >= 15 is 0 Å². The molecule has 4 rings (SSSR count). The molecule has 0 aromatic carbocycles. The van der Waals surface area contributed by atoms with Crippen molar-refractivity contribution in [1.82, 2.24) is 4.90 Å². The van der Waals surface area contributed by atoms with E-state index < -0.39 is 5.97 Å². The minimum Gasteiger partial charge on any atom is -0.478 e. The first-order valence-corrected chi connectivity index (χ1v) is 9.97. The molecule has 0 spiro atoms. The molecule has 25 heavy (non-hydrogen) atoms. The van der Waals surface area contributed by atoms with Crippen molar-refractivity contribution in [3.8, 4) is 0 Å². The summed E-state index contributed by atoms with van der Waals surface area (Å²) in [6.45, 7) is 4.75. The minimum absolute atomic E-state index is 0.0825. The van der Waals surface area contributed by atoms with Crippen LogP contribution in [0.3, 0.4) is 0 Å². The highest BCUT2D eigenvalue weighted by Crippen LogP contribution is 2.65. The SMILES string of the molecule is CN1C(=O)CC[C@]2(C)[C@H]3CC[C@]4(C)C(=CC(=O)O)CC[C@H]4[C@@H]3CC[C@@H]12. The van der Waals surface area contributed by atoms with Gasteiger partial charge in [0, 0.05) is 25.6 Å². The van der Waals surface area contributed by atoms with Gasteiger partial charge in [-0.15, -0.1) is 0 Å². The maximum atomic E-state index is 12.2. The Labute approximate surface area is 150 Å². The Balaban J connectivity index is 1.64. The highest BCUT2D eigenvalue weighted by molar-refractivity contribution is 5.81. The van der Waals surface area contributed by atoms with Gasteiger partial charge in [-0.3, -0.25) is 4.79 Å². The monoisotopic (exact) mass is 345 g/mol. The first kappa shape index (κ1) is 17.1. The lowest BCUT2D eigenvalue weighted by Gasteiger charge is -2.61. The highest BCUT2D eigenvalue weighted by Gasteiger charge is 2.60. The molecular weight excluding hydrogens is 314 g/mol. The van der Waals surface area contributed by atoms with Crippen molar-refractivity contribution < 1.29 is 14.7 Å². The van der Waals surface area contributed by atoms with Crippen LogP contribution in [0.2, 0.25) is 0 Å². The van der Waals surface area contributed by atoms with Crippen LogP contribution in [0.1, 0.15) is 65.2 Å². The summed E-state index contributed by atoms with van der Waals surface area (Å²) in [6.07, 6.45) is 9.93. The van der Waals surface area contributed by atoms with Gasteiger partial charge >= 0.3 is 5.97 Å². The fourth-order valence-corrected chi connectivity index (χ4v) is 7.38. The van der Waals surface area contributed by atoms with Crippen molar-refractivity contribution in [3.63, 3.8) is 0 Å². The van der Waals surface area contributed by atoms with Crippen LogP contribution in [0.4, 0.5) is 0 Å². The quantitative estimate of drug-likeness (QED) is 0.734. The van der Waals surface area contributed by atoms with Crippen molar-refractivity contribution in [2.75, 3.05) is 7.05 Å². The van der Waals surface area contributed by atoms with Gasteiger partial charge in [0.05, 0.1) is 0 Å². The summed E-state index contributed by atoms with van der Waals surface area (Å²) in [5, 5.41) is 9.25. The number of aliphatic carboxylic acids is 1. The van der Waals surface area contributed by atoms with Crippen molar-refractivity contribution in [2.45, 2.75) is 71.3 Å². The Morgan fingerprint density at radius 1 is 1.12 bits per heavy atom. The topological polar surface area (TPSA) is 57.6 Å². The van der Waals surface area contributed by atoms with E-state index in [-0.39, 0.29) is 10.8 Å². The Kier molecular flexibility index (Phi) is 3.82. The van der Waals surface area contributed by atoms with Gasteiger partial charge in [-0.1, -0.05) is 19.4 Å². The lowest BCUT2D eigenvalue weighted by Crippen LogP contribution is -2.61. The summed E-state index contributed by atoms with van der Waals surface area (Å²) in [7, 11) is 2.00. The van der Waals surface area contributed by atoms with E-state index in [1.165, 1.54) is 24.5 Å². The maximum Gasteiger partial charge on any atom is 0.328 e. The molecule has 1 amide bonds. The zero-order valence-electron chi connectivity index (χ0n) is 15.8. The first-order valence-electron chi connectivity index (χ1n) is 9.97. The van der Waals surface area contributed by atoms with Crippen LogP contribution in [-0.2, 0) is 9.59 Å². The molecule has 3 aliphatic carbocycles. The average molecular weight is 345 g/mol. The number of hydrogen-bond acceptors (Lipinski definition) is 2. The second kappa shape index (κ2) is 5.59. The number of likely N-dealkylation sites (tertiary alicyclic amines) is 1. The number of carbonyl (C=O) groups is 2. The molecule has 4 aliphatic rings. The molecule has 0 unspecified atom stereocenters. The van der Waals surface area contributed by atoms with Gasteiger partial charge in [-0.05, 0) is 73.5 Å². The molecule has 6 atom stereocenters. The highest BCUT2D eigenvalue weighted by atomic mass is 16.4. The molecule has 0 aromatic heterocycles. The van der Waals surface area contributed by atoms with Crippen molar-refractivity contribution in [2.24, 2.45) is 28.6 Å². The molecule has 1 heterocycles. The average Bonchev–Trinajstić information content (AvgIpc) is 2.88. The van der Waals surface area contributed by atoms with E-state index in [1.54, 1.807) is 0 Å². The Hall–Kier alpha value is -1.32. The summed E-state index contributed by atoms with van der Waals surface area (Å²) in [5.41, 5.74) is 1.50. The largest absolute Gasteiger partial charge is 0.478 e. The predicted octanol–water partition coefficient (Wildman–Crippen LogP) is 3.86. The summed E-state index contributed by atoms with van der Waals surface area (Å²) >= 11 is 0. The van der Waals surface area contributed by atoms with Gasteiger partial charge in [0.1, 0.15) is 0 Å². The van der Waals surface area contributed by atoms with Crippen molar-refractivity contribution >= 4 is 11.9 Å². The lowest BCUT2D eigenvalue weighted by molar-refractivity contribution is -0.156. The van der Waals surface area contributed by atoms with Crippen LogP contribution >= 0.6 is 0 Å². The molecule has 4 fully saturated rings. The summed E-state index contributed by atoms with van der Waals surface area (Å²) in [6, 6.07) is 0.398. The van der Waals surface area contributed by atoms with E-state index in [4.69, 9.17) is 0 Å². The zero-order valence-corrected chi connectivity index (χ0v) is 15.8. The van der Waals surface area contributed by atoms with Crippen LogP contribution < -0.4 is 0 Å². The molecule has 3 saturated carbocycles. The number of hydrogen-bond donors (Lipinski definition) is 1. The van der Waals surface area contributed by atoms with E-state index in [9.17, 15) is 14.7 Å². The van der Waals surface area contributed by atoms with E-state index in [1.807, 2.05) is 11.9 Å². The van der Waals surface area contributed by atoms with Crippen LogP contribution in [-0.4, -0.2) is 35.0 Å². The normalized spacial score (nSPS) is 48.0. The summed E-state index contributed by atoms with van der Waals surface area (Å²) in [5.74, 6) is 1.53. The smallest absolute Gasteiger partial charge is 0.328 e. The van der Waals surface area contributed by atoms with Crippen molar-refractivity contribution in [1.29, 1.82) is 0 Å². The second-order valence-corrected chi connectivity index (χ2v) is 9.48. The van der Waals surface area contributed by atoms with Gasteiger partial charge in [-0.2, -0.15) is 0 Å². The van der Waals surface area contributed by atoms with E-state index in [0.29, 0.717) is 36.1 Å². The van der Waals surface area contributed by atoms with E-state index in [0.717, 1.165) is 32.1 Å². The number of nitrogens with zero attached hydrogens (tertiary/aromatic N) is 1. The summed E-state index contributed by atoms with van der Waals surface area (Å²) < 4.78 is 0. The maximum absolute atomic E-state index is 12.2. The number of amides is 1. The standard InChI is InChI=1S/C21H31NO3/c1-20-10-8-16-14(15(20)6-4-13(20)12-19(24)25)5-7-17-21(16,2)11-9-18(23)22(17)3/h12,14-17H,4-11H2,1-3H3,(H,24,25)/t14-,15-,16-,17+,20+,21+/m0/s1. The first-order chi connectivity index (χ1) is 11.8. The third-order valence-electron chi connectivity index (χ3n) is 8.70. The number of allylic oxidation sites excluding steroid dienone is 1. The van der Waals surface area contributed by atoms with E-state index in [2.05, 4.69) is 13.8 Å². The summed E-state index contributed by atoms with van der Waals surface area (Å²) in [4.78, 5) is 25.5. The molecule has 1 aliphatic heterocycles. The van der Waals surface area contributed by atoms with Gasteiger partial charge in [0.2, 0.25) is 5.91 Å². The van der Waals surface area contributed by atoms with Crippen LogP contribution in [0, 0.1) is 28.6 Å². The predicted molar refractivity (Wildman–Crippen MR) is 95.9 cm³/mol.